The van der Waals surface area contributed by atoms with Crippen molar-refractivity contribution in [2.24, 2.45) is 10.8 Å². The highest BCUT2D eigenvalue weighted by Gasteiger charge is 2.21. The third-order valence-corrected chi connectivity index (χ3v) is 10.8. The van der Waals surface area contributed by atoms with E-state index in [1.165, 1.54) is 0 Å². The average molecular weight is 961 g/mol. The number of hydrogen-bond donors (Lipinski definition) is 6. The van der Waals surface area contributed by atoms with E-state index in [0.717, 1.165) is 95.7 Å². The van der Waals surface area contributed by atoms with Crippen LogP contribution in [0, 0.1) is 10.8 Å². The molecule has 0 radical (unpaired) electrons. The summed E-state index contributed by atoms with van der Waals surface area (Å²) in [5.41, 5.74) is 3.35. The van der Waals surface area contributed by atoms with Gasteiger partial charge < -0.3 is 45.3 Å². The lowest BCUT2D eigenvalue weighted by Gasteiger charge is -2.33. The number of aliphatic hydroxyl groups excluding tert-OH is 1. The highest BCUT2D eigenvalue weighted by molar-refractivity contribution is 5.70. The van der Waals surface area contributed by atoms with E-state index in [2.05, 4.69) is 75.2 Å². The third-order valence-electron chi connectivity index (χ3n) is 10.8. The summed E-state index contributed by atoms with van der Waals surface area (Å²) in [6, 6.07) is 10.5. The molecule has 19 heteroatoms. The molecule has 1 heterocycles. The number of hydrogen-bond acceptors (Lipinski definition) is 16. The molecule has 0 atom stereocenters. The normalized spacial score (nSPS) is 15.0. The van der Waals surface area contributed by atoms with Gasteiger partial charge in [-0.05, 0) is 99.9 Å². The minimum atomic E-state index is -1.04. The first-order chi connectivity index (χ1) is 31.8. The van der Waals surface area contributed by atoms with Crippen molar-refractivity contribution in [1.29, 1.82) is 0 Å². The molecule has 1 aliphatic heterocycles. The zero-order valence-electron chi connectivity index (χ0n) is 41.7. The number of carbonyl (C=O) groups is 3. The maximum absolute atomic E-state index is 11.5. The molecule has 0 amide bonds. The molecular formula is C49H80N6O13. The molecule has 0 aliphatic carbocycles. The Morgan fingerprint density at radius 2 is 1.00 bits per heavy atom. The number of aliphatic carboxylic acids is 3. The minimum Gasteiger partial charge on any atom is -0.508 e. The van der Waals surface area contributed by atoms with E-state index in [1.807, 2.05) is 12.1 Å². The molecule has 1 aliphatic rings. The summed E-state index contributed by atoms with van der Waals surface area (Å²) in [5.74, 6) is -2.66. The fourth-order valence-electron chi connectivity index (χ4n) is 7.40. The van der Waals surface area contributed by atoms with Crippen LogP contribution in [0.3, 0.4) is 0 Å². The smallest absolute Gasteiger partial charge is 0.373 e. The lowest BCUT2D eigenvalue weighted by atomic mass is 9.88. The number of benzene rings is 2. The topological polar surface area (TPSA) is 260 Å². The van der Waals surface area contributed by atoms with Gasteiger partial charge in [-0.3, -0.25) is 29.1 Å². The molecule has 19 nitrogen and oxygen atoms in total. The van der Waals surface area contributed by atoms with Crippen LogP contribution in [-0.4, -0.2) is 203 Å². The van der Waals surface area contributed by atoms with Gasteiger partial charge in [0, 0.05) is 83.2 Å². The second-order valence-electron chi connectivity index (χ2n) is 19.7. The lowest BCUT2D eigenvalue weighted by molar-refractivity contribution is -0.193. The molecule has 6 N–H and O–H groups in total. The number of aliphatic hydroxyl groups is 1. The number of likely N-dealkylation sites (N-methyl/N-ethyl adjacent to an activating group) is 2. The van der Waals surface area contributed by atoms with Crippen molar-refractivity contribution in [2.45, 2.75) is 86.7 Å². The number of aromatic hydroxyl groups is 2. The fourth-order valence-corrected chi connectivity index (χ4v) is 7.40. The molecule has 3 rings (SSSR count). The second kappa shape index (κ2) is 34.3. The average Bonchev–Trinajstić information content (AvgIpc) is 3.21. The monoisotopic (exact) mass is 961 g/mol. The van der Waals surface area contributed by atoms with Gasteiger partial charge in [0.15, 0.2) is 0 Å². The number of rotatable bonds is 18. The third kappa shape index (κ3) is 32.6. The first-order valence-corrected chi connectivity index (χ1v) is 23.0. The summed E-state index contributed by atoms with van der Waals surface area (Å²) in [6.45, 7) is 22.8. The van der Waals surface area contributed by atoms with Gasteiger partial charge in [0.05, 0.1) is 19.6 Å². The van der Waals surface area contributed by atoms with Gasteiger partial charge in [-0.25, -0.2) is 0 Å². The molecule has 0 saturated carbocycles. The Morgan fingerprint density at radius 1 is 0.588 bits per heavy atom. The molecule has 0 spiro atoms. The minimum absolute atomic E-state index is 0.0141. The van der Waals surface area contributed by atoms with Crippen LogP contribution in [0.5, 0.6) is 11.5 Å². The Morgan fingerprint density at radius 3 is 1.37 bits per heavy atom. The van der Waals surface area contributed by atoms with Crippen molar-refractivity contribution in [2.75, 3.05) is 112 Å². The van der Waals surface area contributed by atoms with E-state index in [0.29, 0.717) is 17.5 Å². The van der Waals surface area contributed by atoms with E-state index in [9.17, 15) is 39.9 Å². The molecule has 1 fully saturated rings. The molecular weight excluding hydrogens is 881 g/mol. The Hall–Kier alpha value is -5.07. The molecule has 2 aromatic rings. The first kappa shape index (κ1) is 62.9. The lowest BCUT2D eigenvalue weighted by Crippen LogP contribution is -2.43. The Labute approximate surface area is 402 Å². The maximum Gasteiger partial charge on any atom is 0.373 e. The summed E-state index contributed by atoms with van der Waals surface area (Å²) in [7, 11) is 4.37. The SMILES string of the molecule is CC(C)(C)CCc1ccc(CN(CCN(CC(=O)O)Cc2ccc(CCO)cc2O)CC(=O)O)c(O)c1.CN1CCCN(CC(=O)O)CCN(CC(C)(C)C)CCCN(C)CC1.O=C=O.O=C=O. The van der Waals surface area contributed by atoms with Crippen LogP contribution < -0.4 is 0 Å². The Balaban J connectivity index is 0.00000125. The van der Waals surface area contributed by atoms with Crippen molar-refractivity contribution in [3.63, 3.8) is 0 Å². The van der Waals surface area contributed by atoms with Crippen LogP contribution in [0.4, 0.5) is 0 Å². The summed E-state index contributed by atoms with van der Waals surface area (Å²) < 4.78 is 0. The summed E-state index contributed by atoms with van der Waals surface area (Å²) >= 11 is 0. The number of phenolic OH excluding ortho intramolecular Hbond substituents is 2. The number of nitrogens with zero attached hydrogens (tertiary/aromatic N) is 6. The number of carboxylic acids is 3. The van der Waals surface area contributed by atoms with Gasteiger partial charge in [-0.1, -0.05) is 65.8 Å². The van der Waals surface area contributed by atoms with Crippen LogP contribution in [0.15, 0.2) is 36.4 Å². The predicted octanol–water partition coefficient (Wildman–Crippen LogP) is 3.30. The Bertz CT molecular complexity index is 1830. The molecule has 0 unspecified atom stereocenters. The van der Waals surface area contributed by atoms with Gasteiger partial charge in [-0.15, -0.1) is 0 Å². The van der Waals surface area contributed by atoms with Crippen molar-refractivity contribution in [3.05, 3.63) is 58.7 Å². The summed E-state index contributed by atoms with van der Waals surface area (Å²) in [4.78, 5) is 79.3. The standard InChI is InChI=1S/C28H40N2O7.C19H40N4O2.2CO2/c1-28(2,3)10-8-20-4-6-22(24(32)14-20)16-29(18-26(34)35)11-12-30(19-27(36)37)17-23-7-5-21(9-13-31)15-25(23)33;1-19(2,3)17-23-11-7-9-21(5)13-12-20(4)8-6-10-22(14-15-23)16-18(24)25;2*2-1-3/h4-7,14-15,31-33H,8-13,16-19H2,1-3H3,(H,34,35)(H,36,37);6-17H2,1-5H3,(H,24,25);;. The van der Waals surface area contributed by atoms with Crippen LogP contribution in [-0.2, 0) is 59.5 Å². The van der Waals surface area contributed by atoms with E-state index >= 15 is 0 Å². The number of phenols is 2. The molecule has 0 aromatic heterocycles. The van der Waals surface area contributed by atoms with Crippen LogP contribution in [0.2, 0.25) is 0 Å². The zero-order chi connectivity index (χ0) is 51.9. The molecule has 68 heavy (non-hydrogen) atoms. The van der Waals surface area contributed by atoms with Gasteiger partial charge in [0.2, 0.25) is 0 Å². The summed E-state index contributed by atoms with van der Waals surface area (Å²) in [5, 5.41) is 58.0. The quantitative estimate of drug-likeness (QED) is 0.125. The molecule has 2 aromatic carbocycles. The van der Waals surface area contributed by atoms with Crippen LogP contribution in [0.25, 0.3) is 0 Å². The van der Waals surface area contributed by atoms with Gasteiger partial charge in [-0.2, -0.15) is 19.2 Å². The Kier molecular flexibility index (Phi) is 31.7. The molecule has 384 valence electrons. The maximum atomic E-state index is 11.5. The van der Waals surface area contributed by atoms with Gasteiger partial charge in [0.1, 0.15) is 11.5 Å². The van der Waals surface area contributed by atoms with Crippen LogP contribution in [0.1, 0.15) is 83.1 Å². The molecule has 0 bridgehead atoms. The number of carboxylic acid groups (broad SMARTS) is 3. The number of aryl methyl sites for hydroxylation is 1. The van der Waals surface area contributed by atoms with E-state index in [4.69, 9.17) is 24.3 Å². The van der Waals surface area contributed by atoms with Gasteiger partial charge in [0.25, 0.3) is 0 Å². The zero-order valence-corrected chi connectivity index (χ0v) is 41.7. The fraction of sp³-hybridized carbons (Fsp3) is 0.653. The van der Waals surface area contributed by atoms with Crippen molar-refractivity contribution >= 4 is 30.2 Å². The van der Waals surface area contributed by atoms with Crippen molar-refractivity contribution < 1.29 is 64.2 Å². The number of carbonyl (C=O) groups excluding carboxylic acids is 4. The van der Waals surface area contributed by atoms with Gasteiger partial charge >= 0.3 is 30.2 Å². The largest absolute Gasteiger partial charge is 0.508 e. The summed E-state index contributed by atoms with van der Waals surface area (Å²) in [6.07, 6.45) is 4.88. The van der Waals surface area contributed by atoms with Crippen molar-refractivity contribution in [1.82, 2.24) is 29.4 Å². The molecule has 1 saturated heterocycles. The highest BCUT2D eigenvalue weighted by Crippen LogP contribution is 2.26. The second-order valence-corrected chi connectivity index (χ2v) is 19.7. The van der Waals surface area contributed by atoms with E-state index in [1.54, 1.807) is 34.1 Å². The van der Waals surface area contributed by atoms with E-state index in [-0.39, 0.29) is 87.1 Å². The van der Waals surface area contributed by atoms with Crippen LogP contribution >= 0.6 is 0 Å². The van der Waals surface area contributed by atoms with Crippen molar-refractivity contribution in [3.8, 4) is 11.5 Å². The predicted molar refractivity (Wildman–Crippen MR) is 255 cm³/mol. The first-order valence-electron chi connectivity index (χ1n) is 23.0. The van der Waals surface area contributed by atoms with E-state index < -0.39 is 17.9 Å². The highest BCUT2D eigenvalue weighted by atomic mass is 16.4.